The van der Waals surface area contributed by atoms with Crippen LogP contribution in [0.1, 0.15) is 194 Å². The Balaban J connectivity index is 4.19. The number of carbonyl (C=O) groups is 2. The van der Waals surface area contributed by atoms with Crippen molar-refractivity contribution in [3.05, 3.63) is 24.3 Å². The molecule has 0 aliphatic rings. The third-order valence-electron chi connectivity index (χ3n) is 8.81. The molecule has 0 heterocycles. The highest BCUT2D eigenvalue weighted by Crippen LogP contribution is 2.43. The van der Waals surface area contributed by atoms with Gasteiger partial charge in [0.1, 0.15) is 6.61 Å². The van der Waals surface area contributed by atoms with Gasteiger partial charge < -0.3 is 20.1 Å². The molecule has 3 N–H and O–H groups in total. The van der Waals surface area contributed by atoms with Gasteiger partial charge in [-0.2, -0.15) is 0 Å². The maximum atomic E-state index is 12.5. The van der Waals surface area contributed by atoms with Crippen molar-refractivity contribution in [1.29, 1.82) is 0 Å². The molecule has 9 nitrogen and oxygen atoms in total. The number of hydrogen-bond acceptors (Lipinski definition) is 8. The monoisotopic (exact) mass is 744 g/mol. The largest absolute Gasteiger partial charge is 0.472 e. The average Bonchev–Trinajstić information content (AvgIpc) is 3.11. The second-order valence-corrected chi connectivity index (χ2v) is 15.3. The Bertz CT molecular complexity index is 897. The lowest BCUT2D eigenvalue weighted by atomic mass is 10.1. The van der Waals surface area contributed by atoms with E-state index in [0.717, 1.165) is 64.2 Å². The number of allylic oxidation sites excluding steroid dienone is 4. The van der Waals surface area contributed by atoms with Crippen LogP contribution in [0.5, 0.6) is 0 Å². The van der Waals surface area contributed by atoms with Crippen molar-refractivity contribution in [3.8, 4) is 0 Å². The van der Waals surface area contributed by atoms with Crippen LogP contribution in [0, 0.1) is 0 Å². The molecular formula is C41H78NO8P. The first-order chi connectivity index (χ1) is 24.8. The normalized spacial score (nSPS) is 13.6. The van der Waals surface area contributed by atoms with Crippen LogP contribution in [-0.4, -0.2) is 49.3 Å². The van der Waals surface area contributed by atoms with Crippen LogP contribution in [0.15, 0.2) is 24.3 Å². The molecule has 2 unspecified atom stereocenters. The number of carbonyl (C=O) groups excluding carboxylic acids is 2. The summed E-state index contributed by atoms with van der Waals surface area (Å²) >= 11 is 0. The molecule has 0 aromatic carbocycles. The Hall–Kier alpha value is -1.51. The Labute approximate surface area is 312 Å². The summed E-state index contributed by atoms with van der Waals surface area (Å²) < 4.78 is 32.7. The summed E-state index contributed by atoms with van der Waals surface area (Å²) in [7, 11) is -4.37. The SMILES string of the molecule is CCCCCCC=CCCCCCCCCCC(=O)OC(COC(=O)CCCCCCCC=CCCCCCCCC)COP(=O)(O)OCCN. The summed E-state index contributed by atoms with van der Waals surface area (Å²) in [6.45, 7) is 3.70. The standard InChI is InChI=1S/C41H78NO8P/c1-3-5-7-9-11-13-15-17-19-21-23-25-27-29-31-33-40(43)47-37-39(38-49-51(45,46)48-36-35-42)50-41(44)34-32-30-28-26-24-22-20-18-16-14-12-10-8-6-4-2/h14,16-17,19,39H,3-13,15,18,20-38,42H2,1-2H3,(H,45,46). The molecule has 0 aliphatic heterocycles. The lowest BCUT2D eigenvalue weighted by Crippen LogP contribution is -2.29. The van der Waals surface area contributed by atoms with Crippen molar-refractivity contribution in [2.45, 2.75) is 200 Å². The maximum absolute atomic E-state index is 12.5. The third-order valence-corrected chi connectivity index (χ3v) is 9.79. The van der Waals surface area contributed by atoms with E-state index in [2.05, 4.69) is 38.2 Å². The Morgan fingerprint density at radius 3 is 1.41 bits per heavy atom. The predicted molar refractivity (Wildman–Crippen MR) is 211 cm³/mol. The van der Waals surface area contributed by atoms with Crippen molar-refractivity contribution in [3.63, 3.8) is 0 Å². The van der Waals surface area contributed by atoms with Gasteiger partial charge in [0.2, 0.25) is 0 Å². The van der Waals surface area contributed by atoms with Crippen LogP contribution in [0.3, 0.4) is 0 Å². The fourth-order valence-electron chi connectivity index (χ4n) is 5.68. The van der Waals surface area contributed by atoms with Crippen molar-refractivity contribution >= 4 is 19.8 Å². The number of unbranched alkanes of at least 4 members (excludes halogenated alkanes) is 22. The molecule has 10 heteroatoms. The average molecular weight is 744 g/mol. The van der Waals surface area contributed by atoms with Gasteiger partial charge in [0.25, 0.3) is 0 Å². The zero-order chi connectivity index (χ0) is 37.5. The fourth-order valence-corrected chi connectivity index (χ4v) is 6.45. The number of esters is 2. The highest BCUT2D eigenvalue weighted by molar-refractivity contribution is 7.47. The predicted octanol–water partition coefficient (Wildman–Crippen LogP) is 11.6. The molecule has 0 radical (unpaired) electrons. The van der Waals surface area contributed by atoms with E-state index < -0.39 is 32.5 Å². The number of phosphoric ester groups is 1. The molecular weight excluding hydrogens is 665 g/mol. The number of phosphoric acid groups is 1. The first-order valence-electron chi connectivity index (χ1n) is 20.8. The second-order valence-electron chi connectivity index (χ2n) is 13.8. The summed E-state index contributed by atoms with van der Waals surface area (Å²) in [5, 5.41) is 0. The lowest BCUT2D eigenvalue weighted by molar-refractivity contribution is -0.161. The van der Waals surface area contributed by atoms with E-state index in [0.29, 0.717) is 6.42 Å². The quantitative estimate of drug-likeness (QED) is 0.0273. The van der Waals surface area contributed by atoms with Crippen molar-refractivity contribution in [2.24, 2.45) is 5.73 Å². The van der Waals surface area contributed by atoms with Gasteiger partial charge in [-0.15, -0.1) is 0 Å². The van der Waals surface area contributed by atoms with Crippen LogP contribution in [-0.2, 0) is 32.7 Å². The zero-order valence-corrected chi connectivity index (χ0v) is 33.7. The molecule has 0 spiro atoms. The van der Waals surface area contributed by atoms with Crippen LogP contribution >= 0.6 is 7.82 Å². The molecule has 0 rings (SSSR count). The van der Waals surface area contributed by atoms with E-state index in [1.165, 1.54) is 96.3 Å². The minimum atomic E-state index is -4.37. The minimum Gasteiger partial charge on any atom is -0.462 e. The molecule has 0 saturated heterocycles. The molecule has 0 bridgehead atoms. The smallest absolute Gasteiger partial charge is 0.462 e. The Morgan fingerprint density at radius 1 is 0.569 bits per heavy atom. The zero-order valence-electron chi connectivity index (χ0n) is 32.8. The van der Waals surface area contributed by atoms with E-state index in [1.54, 1.807) is 0 Å². The molecule has 0 aliphatic carbocycles. The molecule has 0 saturated carbocycles. The second kappa shape index (κ2) is 38.2. The molecule has 0 aromatic heterocycles. The lowest BCUT2D eigenvalue weighted by Gasteiger charge is -2.19. The van der Waals surface area contributed by atoms with E-state index in [9.17, 15) is 19.0 Å². The van der Waals surface area contributed by atoms with Gasteiger partial charge in [-0.05, 0) is 64.2 Å². The summed E-state index contributed by atoms with van der Waals surface area (Å²) in [6, 6.07) is 0. The van der Waals surface area contributed by atoms with Gasteiger partial charge in [-0.3, -0.25) is 18.6 Å². The van der Waals surface area contributed by atoms with Gasteiger partial charge in [0.15, 0.2) is 6.10 Å². The van der Waals surface area contributed by atoms with E-state index >= 15 is 0 Å². The maximum Gasteiger partial charge on any atom is 0.472 e. The fraction of sp³-hybridized carbons (Fsp3) is 0.854. The molecule has 2 atom stereocenters. The highest BCUT2D eigenvalue weighted by Gasteiger charge is 2.26. The summed E-state index contributed by atoms with van der Waals surface area (Å²) in [5.41, 5.74) is 5.34. The number of ether oxygens (including phenoxy) is 2. The molecule has 51 heavy (non-hydrogen) atoms. The molecule has 0 amide bonds. The first-order valence-corrected chi connectivity index (χ1v) is 22.3. The molecule has 0 fully saturated rings. The van der Waals surface area contributed by atoms with Crippen molar-refractivity contribution in [2.75, 3.05) is 26.4 Å². The molecule has 0 aromatic rings. The number of nitrogens with two attached hydrogens (primary N) is 1. The minimum absolute atomic E-state index is 0.0525. The van der Waals surface area contributed by atoms with Gasteiger partial charge in [-0.1, -0.05) is 141 Å². The van der Waals surface area contributed by atoms with Gasteiger partial charge in [0.05, 0.1) is 13.2 Å². The molecule has 300 valence electrons. The van der Waals surface area contributed by atoms with E-state index in [1.807, 2.05) is 0 Å². The van der Waals surface area contributed by atoms with Crippen LogP contribution in [0.4, 0.5) is 0 Å². The van der Waals surface area contributed by atoms with Gasteiger partial charge in [0, 0.05) is 19.4 Å². The van der Waals surface area contributed by atoms with Gasteiger partial charge in [-0.25, -0.2) is 4.57 Å². The van der Waals surface area contributed by atoms with E-state index in [4.69, 9.17) is 24.3 Å². The van der Waals surface area contributed by atoms with Crippen LogP contribution in [0.2, 0.25) is 0 Å². The number of rotatable bonds is 39. The third kappa shape index (κ3) is 38.0. The Morgan fingerprint density at radius 2 is 0.961 bits per heavy atom. The summed E-state index contributed by atoms with van der Waals surface area (Å²) in [6.07, 6.45) is 39.1. The Kier molecular flexibility index (Phi) is 37.1. The van der Waals surface area contributed by atoms with E-state index in [-0.39, 0.29) is 32.6 Å². The van der Waals surface area contributed by atoms with Crippen molar-refractivity contribution < 1.29 is 37.6 Å². The van der Waals surface area contributed by atoms with Gasteiger partial charge >= 0.3 is 19.8 Å². The van der Waals surface area contributed by atoms with Crippen LogP contribution < -0.4 is 5.73 Å². The number of hydrogen-bond donors (Lipinski definition) is 2. The topological polar surface area (TPSA) is 134 Å². The summed E-state index contributed by atoms with van der Waals surface area (Å²) in [5.74, 6) is -0.840. The summed E-state index contributed by atoms with van der Waals surface area (Å²) in [4.78, 5) is 34.8. The highest BCUT2D eigenvalue weighted by atomic mass is 31.2. The van der Waals surface area contributed by atoms with Crippen LogP contribution in [0.25, 0.3) is 0 Å². The van der Waals surface area contributed by atoms with Crippen molar-refractivity contribution in [1.82, 2.24) is 0 Å². The first kappa shape index (κ1) is 49.5.